The molecule has 0 atom stereocenters. The van der Waals surface area contributed by atoms with Gasteiger partial charge in [-0.3, -0.25) is 4.21 Å². The lowest BCUT2D eigenvalue weighted by atomic mass is 10.2. The fourth-order valence-electron chi connectivity index (χ4n) is 1.15. The van der Waals surface area contributed by atoms with Crippen molar-refractivity contribution in [1.82, 2.24) is 0 Å². The van der Waals surface area contributed by atoms with Crippen molar-refractivity contribution in [2.75, 3.05) is 11.5 Å². The molecule has 0 amide bonds. The largest absolute Gasteiger partial charge is 0.542 e. The average molecular weight is 227 g/mol. The third-order valence-corrected chi connectivity index (χ3v) is 3.27. The highest BCUT2D eigenvalue weighted by Gasteiger charge is 2.36. The van der Waals surface area contributed by atoms with Gasteiger partial charge in [0.25, 0.3) is 0 Å². The van der Waals surface area contributed by atoms with Gasteiger partial charge < -0.3 is 14.6 Å². The molecular weight excluding hydrogens is 218 g/mol. The first-order chi connectivity index (χ1) is 6.42. The monoisotopic (exact) mass is 227 g/mol. The Morgan fingerprint density at radius 3 is 2.36 bits per heavy atom. The average Bonchev–Trinajstić information content (AvgIpc) is 2.08. The Morgan fingerprint density at radius 2 is 1.93 bits per heavy atom. The number of aliphatic carboxylic acids is 1. The molecule has 1 rings (SSSR count). The van der Waals surface area contributed by atoms with Crippen LogP contribution in [0.3, 0.4) is 0 Å². The Kier molecular flexibility index (Phi) is 3.54. The fraction of sp³-hybridized carbons (Fsp3) is 0.857. The first kappa shape index (κ1) is 11.5. The van der Waals surface area contributed by atoms with Gasteiger partial charge in [0.15, 0.2) is 0 Å². The second-order valence-corrected chi connectivity index (χ2v) is 4.67. The lowest BCUT2D eigenvalue weighted by Crippen LogP contribution is -2.46. The molecular formula is C7H9F2O4S-. The molecule has 0 radical (unpaired) electrons. The number of rotatable bonds is 3. The van der Waals surface area contributed by atoms with Crippen LogP contribution in [0.15, 0.2) is 0 Å². The minimum atomic E-state index is -4.25. The van der Waals surface area contributed by atoms with Gasteiger partial charge >= 0.3 is 6.11 Å². The smallest absolute Gasteiger partial charge is 0.397 e. The Morgan fingerprint density at radius 1 is 1.43 bits per heavy atom. The Hall–Kier alpha value is -0.560. The fourth-order valence-corrected chi connectivity index (χ4v) is 2.40. The van der Waals surface area contributed by atoms with Crippen LogP contribution in [0.2, 0.25) is 0 Å². The summed E-state index contributed by atoms with van der Waals surface area (Å²) in [4.78, 5) is 9.91. The van der Waals surface area contributed by atoms with Gasteiger partial charge in [-0.1, -0.05) is 0 Å². The number of alkyl halides is 2. The summed E-state index contributed by atoms with van der Waals surface area (Å²) < 4.78 is 39.8. The summed E-state index contributed by atoms with van der Waals surface area (Å²) in [5.74, 6) is -1.99. The van der Waals surface area contributed by atoms with Crippen LogP contribution < -0.4 is 5.11 Å². The lowest BCUT2D eigenvalue weighted by Gasteiger charge is -2.27. The van der Waals surface area contributed by atoms with Crippen LogP contribution in [-0.4, -0.2) is 33.9 Å². The van der Waals surface area contributed by atoms with Gasteiger partial charge in [0.05, 0.1) is 6.10 Å². The van der Waals surface area contributed by atoms with Crippen molar-refractivity contribution in [2.24, 2.45) is 0 Å². The van der Waals surface area contributed by atoms with Crippen molar-refractivity contribution in [3.63, 3.8) is 0 Å². The first-order valence-corrected chi connectivity index (χ1v) is 5.52. The van der Waals surface area contributed by atoms with Gasteiger partial charge in [0.2, 0.25) is 0 Å². The van der Waals surface area contributed by atoms with E-state index in [9.17, 15) is 22.9 Å². The first-order valence-electron chi connectivity index (χ1n) is 4.04. The number of carbonyl (C=O) groups is 1. The van der Waals surface area contributed by atoms with E-state index in [1.165, 1.54) is 0 Å². The number of ether oxygens (including phenoxy) is 1. The van der Waals surface area contributed by atoms with Gasteiger partial charge in [-0.2, -0.15) is 8.78 Å². The number of carbonyl (C=O) groups excluding carboxylic acids is 1. The topological polar surface area (TPSA) is 66.4 Å². The van der Waals surface area contributed by atoms with E-state index in [0.717, 1.165) is 0 Å². The van der Waals surface area contributed by atoms with Crippen LogP contribution in [0.5, 0.6) is 0 Å². The van der Waals surface area contributed by atoms with E-state index < -0.39 is 29.0 Å². The van der Waals surface area contributed by atoms with Crippen molar-refractivity contribution in [3.8, 4) is 0 Å². The second-order valence-electron chi connectivity index (χ2n) is 2.97. The van der Waals surface area contributed by atoms with Crippen molar-refractivity contribution < 1.29 is 27.6 Å². The molecule has 1 aliphatic heterocycles. The van der Waals surface area contributed by atoms with Crippen LogP contribution in [-0.2, 0) is 20.3 Å². The van der Waals surface area contributed by atoms with E-state index >= 15 is 0 Å². The van der Waals surface area contributed by atoms with Crippen LogP contribution >= 0.6 is 0 Å². The van der Waals surface area contributed by atoms with Gasteiger partial charge in [0.1, 0.15) is 5.97 Å². The third-order valence-electron chi connectivity index (χ3n) is 1.89. The molecule has 0 N–H and O–H groups in total. The predicted molar refractivity (Wildman–Crippen MR) is 41.9 cm³/mol. The van der Waals surface area contributed by atoms with Crippen LogP contribution in [0, 0.1) is 0 Å². The summed E-state index contributed by atoms with van der Waals surface area (Å²) in [6.45, 7) is 0. The molecule has 0 aromatic rings. The maximum atomic E-state index is 12.5. The molecule has 0 aromatic heterocycles. The van der Waals surface area contributed by atoms with Gasteiger partial charge in [-0.05, 0) is 12.8 Å². The van der Waals surface area contributed by atoms with Gasteiger partial charge in [-0.15, -0.1) is 0 Å². The van der Waals surface area contributed by atoms with Crippen LogP contribution in [0.1, 0.15) is 12.8 Å². The normalized spacial score (nSPS) is 28.7. The molecule has 82 valence electrons. The quantitative estimate of drug-likeness (QED) is 0.636. The minimum Gasteiger partial charge on any atom is -0.542 e. The summed E-state index contributed by atoms with van der Waals surface area (Å²) in [7, 11) is -0.988. The number of hydrogen-bond acceptors (Lipinski definition) is 4. The van der Waals surface area contributed by atoms with Crippen LogP contribution in [0.25, 0.3) is 0 Å². The Bertz CT molecular complexity index is 246. The molecule has 0 aliphatic carbocycles. The minimum absolute atomic E-state index is 0.190. The molecule has 1 heterocycles. The highest BCUT2D eigenvalue weighted by Crippen LogP contribution is 2.22. The number of carboxylic acids is 1. The summed E-state index contributed by atoms with van der Waals surface area (Å²) in [6, 6.07) is 0. The molecule has 1 aliphatic rings. The summed E-state index contributed by atoms with van der Waals surface area (Å²) in [5.41, 5.74) is 0. The van der Waals surface area contributed by atoms with E-state index in [-0.39, 0.29) is 24.3 Å². The highest BCUT2D eigenvalue weighted by atomic mass is 32.2. The van der Waals surface area contributed by atoms with E-state index in [2.05, 4.69) is 4.74 Å². The van der Waals surface area contributed by atoms with Crippen LogP contribution in [0.4, 0.5) is 8.78 Å². The zero-order valence-corrected chi connectivity index (χ0v) is 8.02. The van der Waals surface area contributed by atoms with Crippen molar-refractivity contribution >= 4 is 16.8 Å². The zero-order valence-electron chi connectivity index (χ0n) is 7.20. The molecule has 0 spiro atoms. The van der Waals surface area contributed by atoms with Gasteiger partial charge in [-0.25, -0.2) is 0 Å². The molecule has 1 fully saturated rings. The maximum Gasteiger partial charge on any atom is 0.397 e. The standard InChI is InChI=1S/C7H10F2O4S/c8-7(9,6(10)11)13-5-1-3-14(12)4-2-5/h5H,1-4H2,(H,10,11)/p-1. The van der Waals surface area contributed by atoms with E-state index in [1.54, 1.807) is 0 Å². The highest BCUT2D eigenvalue weighted by molar-refractivity contribution is 7.85. The predicted octanol–water partition coefficient (Wildman–Crippen LogP) is -0.743. The molecule has 7 heteroatoms. The molecule has 0 saturated carbocycles. The lowest BCUT2D eigenvalue weighted by molar-refractivity contribution is -0.368. The van der Waals surface area contributed by atoms with Crippen molar-refractivity contribution in [1.29, 1.82) is 0 Å². The van der Waals surface area contributed by atoms with Crippen molar-refractivity contribution in [2.45, 2.75) is 25.1 Å². The molecule has 4 nitrogen and oxygen atoms in total. The summed E-state index contributed by atoms with van der Waals surface area (Å²) in [6.07, 6.45) is -4.71. The SMILES string of the molecule is O=C([O-])C(F)(F)OC1CCS(=O)CC1. The van der Waals surface area contributed by atoms with Crippen molar-refractivity contribution in [3.05, 3.63) is 0 Å². The third kappa shape index (κ3) is 2.98. The molecule has 0 aromatic carbocycles. The maximum absolute atomic E-state index is 12.5. The Labute approximate surface area is 81.7 Å². The zero-order chi connectivity index (χ0) is 10.8. The number of hydrogen-bond donors (Lipinski definition) is 0. The number of halogens is 2. The molecule has 14 heavy (non-hydrogen) atoms. The van der Waals surface area contributed by atoms with E-state index in [0.29, 0.717) is 0 Å². The number of carboxylic acid groups (broad SMARTS) is 1. The summed E-state index contributed by atoms with van der Waals surface area (Å²) >= 11 is 0. The van der Waals surface area contributed by atoms with E-state index in [4.69, 9.17) is 0 Å². The molecule has 1 saturated heterocycles. The second kappa shape index (κ2) is 4.31. The summed E-state index contributed by atoms with van der Waals surface area (Å²) in [5, 5.41) is 9.91. The molecule has 0 unspecified atom stereocenters. The Balaban J connectivity index is 2.45. The van der Waals surface area contributed by atoms with E-state index in [1.807, 2.05) is 0 Å². The van der Waals surface area contributed by atoms with Gasteiger partial charge in [0, 0.05) is 22.3 Å². The molecule has 0 bridgehead atoms.